The van der Waals surface area contributed by atoms with Crippen molar-refractivity contribution in [3.05, 3.63) is 30.1 Å². The molecular weight excluding hydrogens is 350 g/mol. The van der Waals surface area contributed by atoms with Crippen molar-refractivity contribution in [1.82, 2.24) is 24.6 Å². The van der Waals surface area contributed by atoms with E-state index in [4.69, 9.17) is 0 Å². The molecule has 0 spiro atoms. The smallest absolute Gasteiger partial charge is 0.226 e. The van der Waals surface area contributed by atoms with Crippen molar-refractivity contribution < 1.29 is 4.79 Å². The lowest BCUT2D eigenvalue weighted by Crippen LogP contribution is -2.51. The molecule has 0 N–H and O–H groups in total. The molecule has 1 amide bonds. The standard InChI is InChI=1S/C22H37N5O/c1-24(2)14-15-25(3)22(28)20-7-5-11-27(18-20)21-8-12-26(13-9-21)17-19-6-4-10-23-16-19/h4,6,10,16,20-21H,5,7-9,11-15,17-18H2,1-3H3/t20-/m0/s1. The van der Waals surface area contributed by atoms with E-state index in [9.17, 15) is 4.79 Å². The SMILES string of the molecule is CN(C)CCN(C)C(=O)[C@H]1CCCN(C2CCN(Cc3cccnc3)CC2)C1. The van der Waals surface area contributed by atoms with Crippen molar-refractivity contribution in [2.75, 3.05) is 60.4 Å². The zero-order valence-electron chi connectivity index (χ0n) is 17.9. The summed E-state index contributed by atoms with van der Waals surface area (Å²) in [5.41, 5.74) is 1.30. The molecule has 6 heteroatoms. The van der Waals surface area contributed by atoms with Crippen LogP contribution in [0.5, 0.6) is 0 Å². The van der Waals surface area contributed by atoms with Crippen LogP contribution in [0.25, 0.3) is 0 Å². The zero-order valence-corrected chi connectivity index (χ0v) is 17.9. The Kier molecular flexibility index (Phi) is 7.82. The van der Waals surface area contributed by atoms with Crippen LogP contribution in [-0.4, -0.2) is 96.9 Å². The summed E-state index contributed by atoms with van der Waals surface area (Å²) in [5, 5.41) is 0. The average Bonchev–Trinajstić information content (AvgIpc) is 2.73. The molecule has 3 rings (SSSR count). The van der Waals surface area contributed by atoms with Crippen molar-refractivity contribution in [2.24, 2.45) is 5.92 Å². The van der Waals surface area contributed by atoms with Crippen LogP contribution in [-0.2, 0) is 11.3 Å². The normalized spacial score (nSPS) is 22.5. The quantitative estimate of drug-likeness (QED) is 0.713. The van der Waals surface area contributed by atoms with Gasteiger partial charge in [-0.05, 0) is 71.0 Å². The van der Waals surface area contributed by atoms with Crippen molar-refractivity contribution >= 4 is 5.91 Å². The van der Waals surface area contributed by atoms with Crippen LogP contribution in [0.4, 0.5) is 0 Å². The average molecular weight is 388 g/mol. The summed E-state index contributed by atoms with van der Waals surface area (Å²) < 4.78 is 0. The second-order valence-electron chi connectivity index (χ2n) is 8.77. The van der Waals surface area contributed by atoms with Gasteiger partial charge in [0.2, 0.25) is 5.91 Å². The maximum Gasteiger partial charge on any atom is 0.226 e. The number of rotatable bonds is 7. The van der Waals surface area contributed by atoms with Gasteiger partial charge in [-0.15, -0.1) is 0 Å². The molecule has 28 heavy (non-hydrogen) atoms. The maximum atomic E-state index is 12.9. The number of nitrogens with zero attached hydrogens (tertiary/aromatic N) is 5. The van der Waals surface area contributed by atoms with E-state index >= 15 is 0 Å². The maximum absolute atomic E-state index is 12.9. The van der Waals surface area contributed by atoms with E-state index in [1.54, 1.807) is 0 Å². The fourth-order valence-electron chi connectivity index (χ4n) is 4.50. The highest BCUT2D eigenvalue weighted by Crippen LogP contribution is 2.25. The van der Waals surface area contributed by atoms with Crippen molar-refractivity contribution in [1.29, 1.82) is 0 Å². The number of likely N-dealkylation sites (tertiary alicyclic amines) is 2. The number of pyridine rings is 1. The fraction of sp³-hybridized carbons (Fsp3) is 0.727. The molecule has 0 aromatic carbocycles. The van der Waals surface area contributed by atoms with Gasteiger partial charge in [-0.25, -0.2) is 0 Å². The number of carbonyl (C=O) groups excluding carboxylic acids is 1. The number of carbonyl (C=O) groups is 1. The molecule has 2 aliphatic rings. The van der Waals surface area contributed by atoms with Gasteiger partial charge >= 0.3 is 0 Å². The highest BCUT2D eigenvalue weighted by atomic mass is 16.2. The molecule has 0 aliphatic carbocycles. The van der Waals surface area contributed by atoms with Gasteiger partial charge in [-0.1, -0.05) is 6.07 Å². The Balaban J connectivity index is 1.45. The van der Waals surface area contributed by atoms with Gasteiger partial charge in [0.05, 0.1) is 5.92 Å². The molecule has 0 bridgehead atoms. The lowest BCUT2D eigenvalue weighted by Gasteiger charge is -2.42. The summed E-state index contributed by atoms with van der Waals surface area (Å²) in [6.07, 6.45) is 8.41. The summed E-state index contributed by atoms with van der Waals surface area (Å²) in [6.45, 7) is 7.10. The topological polar surface area (TPSA) is 42.9 Å². The van der Waals surface area contributed by atoms with E-state index in [-0.39, 0.29) is 5.92 Å². The lowest BCUT2D eigenvalue weighted by molar-refractivity contribution is -0.136. The van der Waals surface area contributed by atoms with E-state index < -0.39 is 0 Å². The molecule has 2 saturated heterocycles. The van der Waals surface area contributed by atoms with Gasteiger partial charge < -0.3 is 9.80 Å². The van der Waals surface area contributed by atoms with E-state index in [1.807, 2.05) is 30.4 Å². The third kappa shape index (κ3) is 6.00. The van der Waals surface area contributed by atoms with Crippen LogP contribution in [0.2, 0.25) is 0 Å². The molecule has 3 heterocycles. The van der Waals surface area contributed by atoms with Crippen molar-refractivity contribution in [3.8, 4) is 0 Å². The van der Waals surface area contributed by atoms with Crippen LogP contribution in [0, 0.1) is 5.92 Å². The summed E-state index contributed by atoms with van der Waals surface area (Å²) in [7, 11) is 6.07. The van der Waals surface area contributed by atoms with E-state index in [0.717, 1.165) is 58.7 Å². The number of piperidine rings is 2. The molecule has 1 aromatic heterocycles. The number of aromatic nitrogens is 1. The van der Waals surface area contributed by atoms with Gasteiger partial charge in [0, 0.05) is 51.7 Å². The first-order chi connectivity index (χ1) is 13.5. The molecule has 0 saturated carbocycles. The Morgan fingerprint density at radius 3 is 2.61 bits per heavy atom. The predicted molar refractivity (Wildman–Crippen MR) is 113 cm³/mol. The highest BCUT2D eigenvalue weighted by molar-refractivity contribution is 5.78. The molecule has 1 aromatic rings. The minimum absolute atomic E-state index is 0.175. The second kappa shape index (κ2) is 10.3. The Hall–Kier alpha value is -1.50. The summed E-state index contributed by atoms with van der Waals surface area (Å²) in [4.78, 5) is 26.3. The van der Waals surface area contributed by atoms with Gasteiger partial charge in [0.1, 0.15) is 0 Å². The Morgan fingerprint density at radius 1 is 1.14 bits per heavy atom. The molecule has 156 valence electrons. The Labute approximate surface area is 170 Å². The molecular formula is C22H37N5O. The molecule has 0 unspecified atom stereocenters. The van der Waals surface area contributed by atoms with E-state index in [2.05, 4.69) is 39.8 Å². The van der Waals surface area contributed by atoms with Crippen LogP contribution in [0.15, 0.2) is 24.5 Å². The second-order valence-corrected chi connectivity index (χ2v) is 8.77. The Morgan fingerprint density at radius 2 is 1.93 bits per heavy atom. The molecule has 2 fully saturated rings. The highest BCUT2D eigenvalue weighted by Gasteiger charge is 2.32. The van der Waals surface area contributed by atoms with Gasteiger partial charge in [-0.2, -0.15) is 0 Å². The van der Waals surface area contributed by atoms with Crippen molar-refractivity contribution in [3.63, 3.8) is 0 Å². The van der Waals surface area contributed by atoms with E-state index in [0.29, 0.717) is 11.9 Å². The number of likely N-dealkylation sites (N-methyl/N-ethyl adjacent to an activating group) is 2. The van der Waals surface area contributed by atoms with Gasteiger partial charge in [0.15, 0.2) is 0 Å². The first-order valence-corrected chi connectivity index (χ1v) is 10.8. The molecule has 2 aliphatic heterocycles. The van der Waals surface area contributed by atoms with Gasteiger partial charge in [0.25, 0.3) is 0 Å². The number of hydrogen-bond acceptors (Lipinski definition) is 5. The monoisotopic (exact) mass is 387 g/mol. The first kappa shape index (κ1) is 21.2. The predicted octanol–water partition coefficient (Wildman–Crippen LogP) is 1.78. The zero-order chi connectivity index (χ0) is 19.9. The minimum atomic E-state index is 0.175. The lowest BCUT2D eigenvalue weighted by atomic mass is 9.93. The van der Waals surface area contributed by atoms with Gasteiger partial charge in [-0.3, -0.25) is 19.6 Å². The van der Waals surface area contributed by atoms with Crippen LogP contribution < -0.4 is 0 Å². The summed E-state index contributed by atoms with van der Waals surface area (Å²) >= 11 is 0. The molecule has 6 nitrogen and oxygen atoms in total. The molecule has 1 atom stereocenters. The Bertz CT molecular complexity index is 600. The largest absolute Gasteiger partial charge is 0.344 e. The third-order valence-electron chi connectivity index (χ3n) is 6.26. The van der Waals surface area contributed by atoms with Crippen LogP contribution >= 0.6 is 0 Å². The van der Waals surface area contributed by atoms with Crippen LogP contribution in [0.1, 0.15) is 31.2 Å². The number of hydrogen-bond donors (Lipinski definition) is 0. The molecule has 0 radical (unpaired) electrons. The fourth-order valence-corrected chi connectivity index (χ4v) is 4.50. The van der Waals surface area contributed by atoms with Crippen molar-refractivity contribution in [2.45, 2.75) is 38.3 Å². The summed E-state index contributed by atoms with van der Waals surface area (Å²) in [5.74, 6) is 0.509. The summed E-state index contributed by atoms with van der Waals surface area (Å²) in [6, 6.07) is 4.81. The third-order valence-corrected chi connectivity index (χ3v) is 6.26. The first-order valence-electron chi connectivity index (χ1n) is 10.8. The number of amides is 1. The van der Waals surface area contributed by atoms with E-state index in [1.165, 1.54) is 18.4 Å². The minimum Gasteiger partial charge on any atom is -0.344 e. The van der Waals surface area contributed by atoms with Crippen LogP contribution in [0.3, 0.4) is 0 Å².